The monoisotopic (exact) mass is 251 g/mol. The molecular formula is C13H21N3O2. The Hall–Kier alpha value is -1.36. The molecule has 1 aromatic heterocycles. The zero-order valence-corrected chi connectivity index (χ0v) is 10.6. The van der Waals surface area contributed by atoms with E-state index in [1.54, 1.807) is 12.4 Å². The van der Waals surface area contributed by atoms with Gasteiger partial charge in [0.25, 0.3) is 0 Å². The summed E-state index contributed by atoms with van der Waals surface area (Å²) in [6.07, 6.45) is 8.28. The standard InChI is InChI=1S/C13H21N3O2/c17-11-4-1-3-10(9-11)13(18)16-6-2-5-12-14-7-8-15-12/h7-8,10-11,17H,1-6,9H2,(H,14,15)(H,16,18)/t10-,11+/m1/s1. The van der Waals surface area contributed by atoms with Crippen molar-refractivity contribution in [1.82, 2.24) is 15.3 Å². The summed E-state index contributed by atoms with van der Waals surface area (Å²) in [6.45, 7) is 0.673. The summed E-state index contributed by atoms with van der Waals surface area (Å²) in [5.41, 5.74) is 0. The summed E-state index contributed by atoms with van der Waals surface area (Å²) in [4.78, 5) is 19.0. The fourth-order valence-electron chi connectivity index (χ4n) is 2.45. The Morgan fingerprint density at radius 2 is 2.44 bits per heavy atom. The Bertz CT molecular complexity index is 364. The lowest BCUT2D eigenvalue weighted by Crippen LogP contribution is -2.35. The van der Waals surface area contributed by atoms with Gasteiger partial charge in [-0.3, -0.25) is 4.79 Å². The van der Waals surface area contributed by atoms with Crippen LogP contribution >= 0.6 is 0 Å². The largest absolute Gasteiger partial charge is 0.393 e. The van der Waals surface area contributed by atoms with Gasteiger partial charge in [-0.05, 0) is 25.7 Å². The van der Waals surface area contributed by atoms with Gasteiger partial charge in [-0.15, -0.1) is 0 Å². The lowest BCUT2D eigenvalue weighted by molar-refractivity contribution is -0.127. The first kappa shape index (κ1) is 13.1. The molecule has 0 aliphatic heterocycles. The van der Waals surface area contributed by atoms with Gasteiger partial charge in [-0.25, -0.2) is 4.98 Å². The molecule has 0 aromatic carbocycles. The van der Waals surface area contributed by atoms with Gasteiger partial charge in [-0.1, -0.05) is 6.42 Å². The molecular weight excluding hydrogens is 230 g/mol. The van der Waals surface area contributed by atoms with E-state index in [4.69, 9.17) is 0 Å². The summed E-state index contributed by atoms with van der Waals surface area (Å²) < 4.78 is 0. The summed E-state index contributed by atoms with van der Waals surface area (Å²) in [7, 11) is 0. The van der Waals surface area contributed by atoms with E-state index >= 15 is 0 Å². The third-order valence-electron chi connectivity index (χ3n) is 3.46. The summed E-state index contributed by atoms with van der Waals surface area (Å²) in [5, 5.41) is 12.5. The highest BCUT2D eigenvalue weighted by atomic mass is 16.3. The molecule has 100 valence electrons. The maximum absolute atomic E-state index is 11.9. The first-order chi connectivity index (χ1) is 8.75. The molecule has 1 amide bonds. The lowest BCUT2D eigenvalue weighted by Gasteiger charge is -2.24. The van der Waals surface area contributed by atoms with Crippen molar-refractivity contribution in [1.29, 1.82) is 0 Å². The van der Waals surface area contributed by atoms with Gasteiger partial charge in [0.1, 0.15) is 5.82 Å². The van der Waals surface area contributed by atoms with Crippen molar-refractivity contribution >= 4 is 5.91 Å². The van der Waals surface area contributed by atoms with Gasteiger partial charge in [0.05, 0.1) is 6.10 Å². The number of aliphatic hydroxyl groups is 1. The van der Waals surface area contributed by atoms with Gasteiger partial charge < -0.3 is 15.4 Å². The van der Waals surface area contributed by atoms with Gasteiger partial charge in [0, 0.05) is 31.3 Å². The summed E-state index contributed by atoms with van der Waals surface area (Å²) >= 11 is 0. The molecule has 0 saturated heterocycles. The molecule has 18 heavy (non-hydrogen) atoms. The van der Waals surface area contributed by atoms with E-state index in [0.29, 0.717) is 13.0 Å². The molecule has 1 saturated carbocycles. The number of hydrogen-bond donors (Lipinski definition) is 3. The number of amides is 1. The highest BCUT2D eigenvalue weighted by Gasteiger charge is 2.25. The SMILES string of the molecule is O=C(NCCCc1ncc[nH]1)[C@@H]1CCC[C@H](O)C1. The van der Waals surface area contributed by atoms with Crippen LogP contribution < -0.4 is 5.32 Å². The molecule has 1 aliphatic carbocycles. The zero-order valence-electron chi connectivity index (χ0n) is 10.6. The number of carbonyl (C=O) groups excluding carboxylic acids is 1. The molecule has 0 radical (unpaired) electrons. The molecule has 2 rings (SSSR count). The van der Waals surface area contributed by atoms with Gasteiger partial charge in [0.2, 0.25) is 5.91 Å². The maximum atomic E-state index is 11.9. The van der Waals surface area contributed by atoms with Crippen molar-refractivity contribution in [2.24, 2.45) is 5.92 Å². The minimum Gasteiger partial charge on any atom is -0.393 e. The van der Waals surface area contributed by atoms with E-state index in [9.17, 15) is 9.90 Å². The first-order valence-electron chi connectivity index (χ1n) is 6.69. The molecule has 2 atom stereocenters. The second kappa shape index (κ2) is 6.54. The molecule has 0 bridgehead atoms. The number of aryl methyl sites for hydroxylation is 1. The molecule has 3 N–H and O–H groups in total. The number of hydrogen-bond acceptors (Lipinski definition) is 3. The van der Waals surface area contributed by atoms with E-state index in [-0.39, 0.29) is 17.9 Å². The third kappa shape index (κ3) is 3.84. The smallest absolute Gasteiger partial charge is 0.223 e. The van der Waals surface area contributed by atoms with Crippen LogP contribution in [-0.2, 0) is 11.2 Å². The second-order valence-corrected chi connectivity index (χ2v) is 4.95. The van der Waals surface area contributed by atoms with Crippen LogP contribution in [0.3, 0.4) is 0 Å². The van der Waals surface area contributed by atoms with Crippen molar-refractivity contribution in [3.05, 3.63) is 18.2 Å². The minimum atomic E-state index is -0.294. The first-order valence-corrected chi connectivity index (χ1v) is 6.69. The van der Waals surface area contributed by atoms with Crippen LogP contribution in [0.15, 0.2) is 12.4 Å². The molecule has 0 unspecified atom stereocenters. The van der Waals surface area contributed by atoms with E-state index in [2.05, 4.69) is 15.3 Å². The lowest BCUT2D eigenvalue weighted by atomic mass is 9.87. The van der Waals surface area contributed by atoms with Crippen LogP contribution in [0.25, 0.3) is 0 Å². The number of nitrogens with zero attached hydrogens (tertiary/aromatic N) is 1. The predicted octanol–water partition coefficient (Wildman–Crippen LogP) is 1.01. The second-order valence-electron chi connectivity index (χ2n) is 4.95. The summed E-state index contributed by atoms with van der Waals surface area (Å²) in [6, 6.07) is 0. The number of aliphatic hydroxyl groups excluding tert-OH is 1. The highest BCUT2D eigenvalue weighted by molar-refractivity contribution is 5.78. The van der Waals surface area contributed by atoms with Gasteiger partial charge in [-0.2, -0.15) is 0 Å². The van der Waals surface area contributed by atoms with E-state index in [0.717, 1.165) is 37.9 Å². The molecule has 1 aliphatic rings. The molecule has 0 spiro atoms. The van der Waals surface area contributed by atoms with Crippen molar-refractivity contribution in [2.45, 2.75) is 44.6 Å². The Labute approximate surface area is 107 Å². The number of carbonyl (C=O) groups is 1. The molecule has 1 heterocycles. The number of imidazole rings is 1. The summed E-state index contributed by atoms with van der Waals surface area (Å²) in [5.74, 6) is 1.04. The Kier molecular flexibility index (Phi) is 4.75. The Balaban J connectivity index is 1.62. The fraction of sp³-hybridized carbons (Fsp3) is 0.692. The van der Waals surface area contributed by atoms with Crippen LogP contribution in [0, 0.1) is 5.92 Å². The minimum absolute atomic E-state index is 0.00244. The topological polar surface area (TPSA) is 78.0 Å². The Morgan fingerprint density at radius 1 is 1.56 bits per heavy atom. The number of aromatic nitrogens is 2. The van der Waals surface area contributed by atoms with Crippen molar-refractivity contribution in [3.8, 4) is 0 Å². The van der Waals surface area contributed by atoms with Crippen LogP contribution in [0.2, 0.25) is 0 Å². The van der Waals surface area contributed by atoms with Crippen LogP contribution in [0.4, 0.5) is 0 Å². The van der Waals surface area contributed by atoms with Crippen molar-refractivity contribution in [2.75, 3.05) is 6.54 Å². The number of aromatic amines is 1. The normalized spacial score (nSPS) is 23.8. The van der Waals surface area contributed by atoms with Gasteiger partial charge >= 0.3 is 0 Å². The van der Waals surface area contributed by atoms with Crippen LogP contribution in [0.1, 0.15) is 37.9 Å². The zero-order chi connectivity index (χ0) is 12.8. The Morgan fingerprint density at radius 3 is 3.17 bits per heavy atom. The third-order valence-corrected chi connectivity index (χ3v) is 3.46. The number of rotatable bonds is 5. The van der Waals surface area contributed by atoms with Gasteiger partial charge in [0.15, 0.2) is 0 Å². The molecule has 5 heteroatoms. The fourth-order valence-corrected chi connectivity index (χ4v) is 2.45. The van der Waals surface area contributed by atoms with Crippen LogP contribution in [-0.4, -0.2) is 33.6 Å². The average Bonchev–Trinajstić information content (AvgIpc) is 2.87. The maximum Gasteiger partial charge on any atom is 0.223 e. The van der Waals surface area contributed by atoms with E-state index in [1.165, 1.54) is 0 Å². The van der Waals surface area contributed by atoms with Crippen molar-refractivity contribution < 1.29 is 9.90 Å². The quantitative estimate of drug-likeness (QED) is 0.683. The number of H-pyrrole nitrogens is 1. The number of nitrogens with one attached hydrogen (secondary N) is 2. The average molecular weight is 251 g/mol. The highest BCUT2D eigenvalue weighted by Crippen LogP contribution is 2.24. The van der Waals surface area contributed by atoms with Crippen LogP contribution in [0.5, 0.6) is 0 Å². The molecule has 1 fully saturated rings. The van der Waals surface area contributed by atoms with E-state index < -0.39 is 0 Å². The predicted molar refractivity (Wildman–Crippen MR) is 67.9 cm³/mol. The molecule has 1 aromatic rings. The van der Waals surface area contributed by atoms with Crippen molar-refractivity contribution in [3.63, 3.8) is 0 Å². The molecule has 5 nitrogen and oxygen atoms in total. The van der Waals surface area contributed by atoms with E-state index in [1.807, 2.05) is 0 Å².